The van der Waals surface area contributed by atoms with Gasteiger partial charge in [0.1, 0.15) is 0 Å². The molecule has 0 radical (unpaired) electrons. The Morgan fingerprint density at radius 1 is 1.50 bits per heavy atom. The molecule has 1 aromatic rings. The standard InChI is InChI=1S/C11H14S/c1-5-10-6-7-12-11(10)9(4)8(2)3/h5-7H,2H2,1,3-4H3. The van der Waals surface area contributed by atoms with Gasteiger partial charge in [-0.15, -0.1) is 11.3 Å². The van der Waals surface area contributed by atoms with Gasteiger partial charge in [0.25, 0.3) is 0 Å². The Morgan fingerprint density at radius 3 is 2.67 bits per heavy atom. The minimum atomic E-state index is 1.15. The molecule has 0 aliphatic heterocycles. The highest BCUT2D eigenvalue weighted by atomic mass is 32.1. The number of hydrogen-bond acceptors (Lipinski definition) is 1. The topological polar surface area (TPSA) is 0 Å². The van der Waals surface area contributed by atoms with Gasteiger partial charge in [0.15, 0.2) is 0 Å². The minimum absolute atomic E-state index is 1.15. The van der Waals surface area contributed by atoms with E-state index in [1.54, 1.807) is 11.3 Å². The second-order valence-corrected chi connectivity index (χ2v) is 3.82. The lowest BCUT2D eigenvalue weighted by molar-refractivity contribution is 1.49. The normalized spacial score (nSPS) is 14.8. The minimum Gasteiger partial charge on any atom is -0.144 e. The molecule has 0 spiro atoms. The van der Waals surface area contributed by atoms with E-state index < -0.39 is 0 Å². The van der Waals surface area contributed by atoms with Crippen molar-refractivity contribution in [2.24, 2.45) is 0 Å². The summed E-state index contributed by atoms with van der Waals surface area (Å²) in [5.41, 5.74) is 2.46. The molecule has 0 saturated carbocycles. The van der Waals surface area contributed by atoms with Crippen LogP contribution in [0.25, 0.3) is 11.6 Å². The maximum Gasteiger partial charge on any atom is 0.0371 e. The zero-order valence-electron chi connectivity index (χ0n) is 7.85. The van der Waals surface area contributed by atoms with E-state index in [0.29, 0.717) is 0 Å². The van der Waals surface area contributed by atoms with Crippen LogP contribution in [0.3, 0.4) is 0 Å². The van der Waals surface area contributed by atoms with Crippen LogP contribution in [-0.2, 0) is 0 Å². The number of hydrogen-bond donors (Lipinski definition) is 0. The van der Waals surface area contributed by atoms with Gasteiger partial charge in [-0.2, -0.15) is 0 Å². The van der Waals surface area contributed by atoms with E-state index in [4.69, 9.17) is 0 Å². The average molecular weight is 178 g/mol. The van der Waals surface area contributed by atoms with Gasteiger partial charge in [0.05, 0.1) is 0 Å². The quantitative estimate of drug-likeness (QED) is 0.619. The molecule has 0 atom stereocenters. The molecule has 0 bridgehead atoms. The van der Waals surface area contributed by atoms with Crippen molar-refractivity contribution < 1.29 is 0 Å². The Labute approximate surface area is 77.6 Å². The van der Waals surface area contributed by atoms with E-state index in [1.807, 2.05) is 0 Å². The lowest BCUT2D eigenvalue weighted by Crippen LogP contribution is -2.19. The molecule has 0 amide bonds. The van der Waals surface area contributed by atoms with Crippen molar-refractivity contribution in [3.63, 3.8) is 0 Å². The SMILES string of the molecule is C=C(C)C(C)=c1sccc1=CC. The molecule has 0 aliphatic rings. The predicted molar refractivity (Wildman–Crippen MR) is 57.6 cm³/mol. The first-order valence-electron chi connectivity index (χ1n) is 4.03. The van der Waals surface area contributed by atoms with Crippen LogP contribution in [0.1, 0.15) is 20.8 Å². The monoisotopic (exact) mass is 178 g/mol. The lowest BCUT2D eigenvalue weighted by Gasteiger charge is -1.94. The summed E-state index contributed by atoms with van der Waals surface area (Å²) in [6.07, 6.45) is 2.14. The Kier molecular flexibility index (Phi) is 2.88. The summed E-state index contributed by atoms with van der Waals surface area (Å²) in [7, 11) is 0. The van der Waals surface area contributed by atoms with Crippen LogP contribution in [0.15, 0.2) is 23.6 Å². The zero-order chi connectivity index (χ0) is 9.14. The molecule has 0 nitrogen and oxygen atoms in total. The molecule has 1 rings (SSSR count). The Hall–Kier alpha value is -0.820. The summed E-state index contributed by atoms with van der Waals surface area (Å²) >= 11 is 1.78. The van der Waals surface area contributed by atoms with Gasteiger partial charge in [-0.3, -0.25) is 0 Å². The van der Waals surface area contributed by atoms with Crippen LogP contribution in [0, 0.1) is 0 Å². The van der Waals surface area contributed by atoms with Crippen LogP contribution in [0.2, 0.25) is 0 Å². The third-order valence-corrected chi connectivity index (χ3v) is 3.04. The van der Waals surface area contributed by atoms with Gasteiger partial charge in [0, 0.05) is 4.53 Å². The zero-order valence-corrected chi connectivity index (χ0v) is 8.66. The summed E-state index contributed by atoms with van der Waals surface area (Å²) in [4.78, 5) is 0. The van der Waals surface area contributed by atoms with Crippen molar-refractivity contribution in [3.05, 3.63) is 33.3 Å². The van der Waals surface area contributed by atoms with Gasteiger partial charge >= 0.3 is 0 Å². The van der Waals surface area contributed by atoms with Gasteiger partial charge in [-0.25, -0.2) is 0 Å². The summed E-state index contributed by atoms with van der Waals surface area (Å²) < 4.78 is 1.35. The van der Waals surface area contributed by atoms with Crippen molar-refractivity contribution in [2.45, 2.75) is 20.8 Å². The van der Waals surface area contributed by atoms with E-state index in [0.717, 1.165) is 5.57 Å². The number of thiophene rings is 1. The Morgan fingerprint density at radius 2 is 2.17 bits per heavy atom. The van der Waals surface area contributed by atoms with Crippen molar-refractivity contribution in [1.82, 2.24) is 0 Å². The van der Waals surface area contributed by atoms with Gasteiger partial charge in [-0.1, -0.05) is 18.2 Å². The molecular weight excluding hydrogens is 164 g/mol. The lowest BCUT2D eigenvalue weighted by atomic mass is 10.1. The summed E-state index contributed by atoms with van der Waals surface area (Å²) in [6, 6.07) is 2.15. The van der Waals surface area contributed by atoms with Crippen molar-refractivity contribution in [2.75, 3.05) is 0 Å². The van der Waals surface area contributed by atoms with Gasteiger partial charge in [-0.05, 0) is 43.0 Å². The first-order valence-corrected chi connectivity index (χ1v) is 4.91. The third-order valence-electron chi connectivity index (χ3n) is 1.99. The predicted octanol–water partition coefficient (Wildman–Crippen LogP) is 2.30. The van der Waals surface area contributed by atoms with E-state index in [1.165, 1.54) is 15.3 Å². The Balaban J connectivity index is 3.55. The summed E-state index contributed by atoms with van der Waals surface area (Å²) in [6.45, 7) is 10.2. The highest BCUT2D eigenvalue weighted by molar-refractivity contribution is 7.07. The summed E-state index contributed by atoms with van der Waals surface area (Å²) in [5, 5.41) is 3.44. The molecule has 12 heavy (non-hydrogen) atoms. The van der Waals surface area contributed by atoms with Crippen molar-refractivity contribution in [1.29, 1.82) is 0 Å². The molecule has 0 aliphatic carbocycles. The highest BCUT2D eigenvalue weighted by Gasteiger charge is 1.93. The molecule has 64 valence electrons. The first kappa shape index (κ1) is 9.27. The van der Waals surface area contributed by atoms with E-state index in [2.05, 4.69) is 44.9 Å². The van der Waals surface area contributed by atoms with Crippen molar-refractivity contribution in [3.8, 4) is 0 Å². The summed E-state index contributed by atoms with van der Waals surface area (Å²) in [5.74, 6) is 0. The molecule has 0 N–H and O–H groups in total. The van der Waals surface area contributed by atoms with Crippen LogP contribution in [0.5, 0.6) is 0 Å². The number of rotatable bonds is 1. The molecular formula is C11H14S. The smallest absolute Gasteiger partial charge is 0.0371 e. The van der Waals surface area contributed by atoms with Crippen LogP contribution in [0.4, 0.5) is 0 Å². The maximum atomic E-state index is 3.94. The number of allylic oxidation sites excluding steroid dienone is 1. The Bertz CT molecular complexity index is 393. The van der Waals surface area contributed by atoms with Crippen molar-refractivity contribution >= 4 is 23.0 Å². The van der Waals surface area contributed by atoms with E-state index >= 15 is 0 Å². The highest BCUT2D eigenvalue weighted by Crippen LogP contribution is 2.03. The van der Waals surface area contributed by atoms with Crippen LogP contribution < -0.4 is 9.75 Å². The largest absolute Gasteiger partial charge is 0.144 e. The molecule has 1 heterocycles. The maximum absolute atomic E-state index is 3.94. The molecule has 0 saturated heterocycles. The fourth-order valence-electron chi connectivity index (χ4n) is 1.05. The molecule has 1 aromatic heterocycles. The fourth-order valence-corrected chi connectivity index (χ4v) is 2.07. The third kappa shape index (κ3) is 1.67. The molecule has 0 fully saturated rings. The van der Waals surface area contributed by atoms with Crippen LogP contribution in [-0.4, -0.2) is 0 Å². The fraction of sp³-hybridized carbons (Fsp3) is 0.273. The van der Waals surface area contributed by atoms with Crippen LogP contribution >= 0.6 is 11.3 Å². The molecule has 1 heteroatoms. The van der Waals surface area contributed by atoms with Gasteiger partial charge < -0.3 is 0 Å². The molecule has 0 unspecified atom stereocenters. The second-order valence-electron chi connectivity index (χ2n) is 2.90. The molecule has 0 aromatic carbocycles. The second kappa shape index (κ2) is 3.72. The van der Waals surface area contributed by atoms with E-state index in [9.17, 15) is 0 Å². The van der Waals surface area contributed by atoms with Gasteiger partial charge in [0.2, 0.25) is 0 Å². The first-order chi connectivity index (χ1) is 5.66. The van der Waals surface area contributed by atoms with E-state index in [-0.39, 0.29) is 0 Å². The average Bonchev–Trinajstić information content (AvgIpc) is 2.49.